The van der Waals surface area contributed by atoms with Crippen molar-refractivity contribution in [2.75, 3.05) is 13.2 Å². The molecular weight excluding hydrogens is 961 g/mol. The second kappa shape index (κ2) is 67.7. The van der Waals surface area contributed by atoms with Crippen LogP contribution in [-0.4, -0.2) is 37.2 Å². The standard InChI is InChI=1S/C72H138O6/c1-4-7-10-13-16-19-21-23-25-27-29-30-31-32-33-34-35-36-37-38-39-40-41-42-43-45-46-48-50-53-56-59-62-65-71(74)77-68-69(67-76-70(73)64-61-58-55-52-18-15-12-9-6-3)78-72(75)66-63-60-57-54-51-49-47-44-28-26-24-22-20-17-14-11-8-5-2/h27,29,69H,4-26,28,30-68H2,1-3H3/b29-27-. The summed E-state index contributed by atoms with van der Waals surface area (Å²) in [6.45, 7) is 6.70. The molecule has 0 saturated carbocycles. The van der Waals surface area contributed by atoms with Crippen LogP contribution in [0.5, 0.6) is 0 Å². The Labute approximate surface area is 488 Å². The quantitative estimate of drug-likeness (QED) is 0.0261. The maximum Gasteiger partial charge on any atom is 0.306 e. The van der Waals surface area contributed by atoms with E-state index < -0.39 is 6.10 Å². The van der Waals surface area contributed by atoms with Crippen molar-refractivity contribution in [1.29, 1.82) is 0 Å². The monoisotopic (exact) mass is 1100 g/mol. The van der Waals surface area contributed by atoms with Crippen molar-refractivity contribution in [3.8, 4) is 0 Å². The van der Waals surface area contributed by atoms with E-state index in [2.05, 4.69) is 32.9 Å². The summed E-state index contributed by atoms with van der Waals surface area (Å²) in [7, 11) is 0. The highest BCUT2D eigenvalue weighted by Gasteiger charge is 2.19. The summed E-state index contributed by atoms with van der Waals surface area (Å²) in [5, 5.41) is 0. The fraction of sp³-hybridized carbons (Fsp3) is 0.931. The number of hydrogen-bond donors (Lipinski definition) is 0. The van der Waals surface area contributed by atoms with Crippen LogP contribution in [0.15, 0.2) is 12.2 Å². The Morgan fingerprint density at radius 1 is 0.244 bits per heavy atom. The van der Waals surface area contributed by atoms with Crippen LogP contribution >= 0.6 is 0 Å². The first kappa shape index (κ1) is 76.1. The zero-order valence-corrected chi connectivity index (χ0v) is 53.2. The Kier molecular flexibility index (Phi) is 66.0. The summed E-state index contributed by atoms with van der Waals surface area (Å²) in [5.41, 5.74) is 0. The van der Waals surface area contributed by atoms with E-state index in [0.717, 1.165) is 57.8 Å². The van der Waals surface area contributed by atoms with Crippen LogP contribution in [-0.2, 0) is 28.6 Å². The lowest BCUT2D eigenvalue weighted by Gasteiger charge is -2.18. The van der Waals surface area contributed by atoms with Gasteiger partial charge in [-0.25, -0.2) is 0 Å². The van der Waals surface area contributed by atoms with Gasteiger partial charge in [0, 0.05) is 19.3 Å². The smallest absolute Gasteiger partial charge is 0.306 e. The third kappa shape index (κ3) is 65.0. The molecule has 0 N–H and O–H groups in total. The SMILES string of the molecule is CCCCCCCCCC/C=C\CCCCCCCCCCCCCCCCCCCCCCCC(=O)OCC(COC(=O)CCCCCCCCCCC)OC(=O)CCCCCCCCCCCCCCCCCCCC. The Morgan fingerprint density at radius 2 is 0.423 bits per heavy atom. The number of hydrogen-bond acceptors (Lipinski definition) is 6. The third-order valence-electron chi connectivity index (χ3n) is 16.5. The Hall–Kier alpha value is -1.85. The molecule has 6 heteroatoms. The van der Waals surface area contributed by atoms with E-state index in [1.807, 2.05) is 0 Å². The van der Waals surface area contributed by atoms with Gasteiger partial charge >= 0.3 is 17.9 Å². The number of carbonyl (C=O) groups is 3. The molecule has 0 bridgehead atoms. The molecule has 0 rings (SSSR count). The molecule has 0 fully saturated rings. The molecule has 0 aliphatic heterocycles. The van der Waals surface area contributed by atoms with Crippen molar-refractivity contribution in [3.63, 3.8) is 0 Å². The van der Waals surface area contributed by atoms with Crippen molar-refractivity contribution in [2.24, 2.45) is 0 Å². The summed E-state index contributed by atoms with van der Waals surface area (Å²) in [4.78, 5) is 38.2. The van der Waals surface area contributed by atoms with E-state index in [4.69, 9.17) is 14.2 Å². The van der Waals surface area contributed by atoms with Gasteiger partial charge < -0.3 is 14.2 Å². The van der Waals surface area contributed by atoms with Gasteiger partial charge in [0.2, 0.25) is 0 Å². The largest absolute Gasteiger partial charge is 0.462 e. The van der Waals surface area contributed by atoms with E-state index in [-0.39, 0.29) is 31.1 Å². The first-order valence-electron chi connectivity index (χ1n) is 35.7. The topological polar surface area (TPSA) is 78.9 Å². The van der Waals surface area contributed by atoms with Gasteiger partial charge in [-0.3, -0.25) is 14.4 Å². The number of ether oxygens (including phenoxy) is 3. The van der Waals surface area contributed by atoms with Gasteiger partial charge in [0.15, 0.2) is 6.10 Å². The lowest BCUT2D eigenvalue weighted by molar-refractivity contribution is -0.167. The van der Waals surface area contributed by atoms with Crippen LogP contribution in [0.4, 0.5) is 0 Å². The molecule has 0 saturated heterocycles. The Balaban J connectivity index is 3.99. The molecule has 0 amide bonds. The number of esters is 3. The number of rotatable bonds is 67. The molecule has 0 aromatic rings. The summed E-state index contributed by atoms with van der Waals surface area (Å²) in [6.07, 6.45) is 81.3. The Morgan fingerprint density at radius 3 is 0.641 bits per heavy atom. The van der Waals surface area contributed by atoms with Gasteiger partial charge in [0.05, 0.1) is 0 Å². The summed E-state index contributed by atoms with van der Waals surface area (Å²) in [5.74, 6) is -0.832. The predicted molar refractivity (Wildman–Crippen MR) is 340 cm³/mol. The molecule has 0 aliphatic rings. The average Bonchev–Trinajstić information content (AvgIpc) is 3.44. The molecular formula is C72H138O6. The maximum absolute atomic E-state index is 12.9. The molecule has 78 heavy (non-hydrogen) atoms. The first-order valence-corrected chi connectivity index (χ1v) is 35.7. The van der Waals surface area contributed by atoms with Gasteiger partial charge in [0.25, 0.3) is 0 Å². The Bertz CT molecular complexity index is 1210. The zero-order valence-electron chi connectivity index (χ0n) is 53.2. The van der Waals surface area contributed by atoms with Crippen LogP contribution < -0.4 is 0 Å². The molecule has 0 aliphatic carbocycles. The molecule has 0 heterocycles. The van der Waals surface area contributed by atoms with Gasteiger partial charge in [-0.05, 0) is 44.9 Å². The minimum atomic E-state index is -0.763. The maximum atomic E-state index is 12.9. The molecule has 0 spiro atoms. The predicted octanol–water partition coefficient (Wildman–Crippen LogP) is 24.4. The van der Waals surface area contributed by atoms with E-state index in [1.165, 1.54) is 315 Å². The van der Waals surface area contributed by atoms with Crippen molar-refractivity contribution in [2.45, 2.75) is 419 Å². The van der Waals surface area contributed by atoms with Gasteiger partial charge in [-0.15, -0.1) is 0 Å². The van der Waals surface area contributed by atoms with E-state index >= 15 is 0 Å². The van der Waals surface area contributed by atoms with Crippen molar-refractivity contribution < 1.29 is 28.6 Å². The molecule has 0 aromatic heterocycles. The fourth-order valence-corrected chi connectivity index (χ4v) is 11.2. The molecule has 462 valence electrons. The van der Waals surface area contributed by atoms with E-state index in [0.29, 0.717) is 19.3 Å². The normalized spacial score (nSPS) is 12.0. The molecule has 0 aromatic carbocycles. The molecule has 1 unspecified atom stereocenters. The highest BCUT2D eigenvalue weighted by molar-refractivity contribution is 5.71. The number of unbranched alkanes of at least 4 members (excludes halogenated alkanes) is 54. The summed E-state index contributed by atoms with van der Waals surface area (Å²) < 4.78 is 16.9. The van der Waals surface area contributed by atoms with Gasteiger partial charge in [-0.1, -0.05) is 360 Å². The minimum absolute atomic E-state index is 0.0622. The highest BCUT2D eigenvalue weighted by atomic mass is 16.6. The lowest BCUT2D eigenvalue weighted by Crippen LogP contribution is -2.30. The van der Waals surface area contributed by atoms with Crippen LogP contribution in [0.3, 0.4) is 0 Å². The fourth-order valence-electron chi connectivity index (χ4n) is 11.2. The number of allylic oxidation sites excluding steroid dienone is 2. The van der Waals surface area contributed by atoms with Crippen molar-refractivity contribution >= 4 is 17.9 Å². The lowest BCUT2D eigenvalue weighted by atomic mass is 10.0. The minimum Gasteiger partial charge on any atom is -0.462 e. The van der Waals surface area contributed by atoms with Crippen molar-refractivity contribution in [1.82, 2.24) is 0 Å². The second-order valence-electron chi connectivity index (χ2n) is 24.5. The first-order chi connectivity index (χ1) is 38.5. The van der Waals surface area contributed by atoms with Crippen molar-refractivity contribution in [3.05, 3.63) is 12.2 Å². The third-order valence-corrected chi connectivity index (χ3v) is 16.5. The second-order valence-corrected chi connectivity index (χ2v) is 24.5. The van der Waals surface area contributed by atoms with Gasteiger partial charge in [0.1, 0.15) is 13.2 Å². The van der Waals surface area contributed by atoms with E-state index in [9.17, 15) is 14.4 Å². The highest BCUT2D eigenvalue weighted by Crippen LogP contribution is 2.19. The van der Waals surface area contributed by atoms with Crippen LogP contribution in [0.2, 0.25) is 0 Å². The molecule has 1 atom stereocenters. The summed E-state index contributed by atoms with van der Waals surface area (Å²) >= 11 is 0. The zero-order chi connectivity index (χ0) is 56.4. The molecule has 0 radical (unpaired) electrons. The summed E-state index contributed by atoms with van der Waals surface area (Å²) in [6, 6.07) is 0. The van der Waals surface area contributed by atoms with Crippen LogP contribution in [0.1, 0.15) is 412 Å². The molecule has 6 nitrogen and oxygen atoms in total. The van der Waals surface area contributed by atoms with E-state index in [1.54, 1.807) is 0 Å². The van der Waals surface area contributed by atoms with Crippen LogP contribution in [0, 0.1) is 0 Å². The van der Waals surface area contributed by atoms with Crippen LogP contribution in [0.25, 0.3) is 0 Å². The average molecular weight is 1100 g/mol. The number of carbonyl (C=O) groups excluding carboxylic acids is 3. The van der Waals surface area contributed by atoms with Gasteiger partial charge in [-0.2, -0.15) is 0 Å².